The van der Waals surface area contributed by atoms with E-state index in [0.29, 0.717) is 13.2 Å². The van der Waals surface area contributed by atoms with E-state index in [4.69, 9.17) is 20.4 Å². The minimum atomic E-state index is -0.308. The van der Waals surface area contributed by atoms with Gasteiger partial charge in [-0.05, 0) is 23.6 Å². The first-order chi connectivity index (χ1) is 10.3. The van der Waals surface area contributed by atoms with E-state index in [2.05, 4.69) is 28.3 Å². The van der Waals surface area contributed by atoms with Crippen molar-refractivity contribution in [2.75, 3.05) is 32.8 Å². The number of oxime groups is 1. The first-order valence-electron chi connectivity index (χ1n) is 7.32. The Bertz CT molecular complexity index is 533. The molecule has 2 aliphatic heterocycles. The Morgan fingerprint density at radius 1 is 1.43 bits per heavy atom. The van der Waals surface area contributed by atoms with Crippen molar-refractivity contribution in [2.24, 2.45) is 10.9 Å². The van der Waals surface area contributed by atoms with Crippen molar-refractivity contribution in [3.05, 3.63) is 29.3 Å². The Morgan fingerprint density at radius 3 is 3.19 bits per heavy atom. The number of hydrogen-bond donors (Lipinski definition) is 2. The number of nitrogens with zero attached hydrogens (tertiary/aromatic N) is 2. The van der Waals surface area contributed by atoms with Crippen molar-refractivity contribution in [1.29, 1.82) is 0 Å². The zero-order valence-corrected chi connectivity index (χ0v) is 12.0. The fourth-order valence-electron chi connectivity index (χ4n) is 2.83. The van der Waals surface area contributed by atoms with E-state index in [1.165, 1.54) is 11.1 Å². The molecule has 2 aliphatic rings. The summed E-state index contributed by atoms with van der Waals surface area (Å²) in [5.74, 6) is 1.17. The van der Waals surface area contributed by atoms with Gasteiger partial charge in [-0.15, -0.1) is 0 Å². The van der Waals surface area contributed by atoms with Crippen LogP contribution in [-0.4, -0.2) is 54.9 Å². The van der Waals surface area contributed by atoms with E-state index in [9.17, 15) is 0 Å². The Kier molecular flexibility index (Phi) is 4.26. The van der Waals surface area contributed by atoms with Gasteiger partial charge in [0.1, 0.15) is 11.9 Å². The second-order valence-corrected chi connectivity index (χ2v) is 5.48. The summed E-state index contributed by atoms with van der Waals surface area (Å²) < 4.78 is 11.0. The van der Waals surface area contributed by atoms with Gasteiger partial charge in [0.25, 0.3) is 0 Å². The fraction of sp³-hybridized carbons (Fsp3) is 0.533. The zero-order chi connectivity index (χ0) is 14.7. The highest BCUT2D eigenvalue weighted by atomic mass is 16.5. The summed E-state index contributed by atoms with van der Waals surface area (Å²) in [6.07, 6.45) is 1.68. The summed E-state index contributed by atoms with van der Waals surface area (Å²) in [6, 6.07) is 6.44. The van der Waals surface area contributed by atoms with Crippen molar-refractivity contribution in [3.8, 4) is 5.75 Å². The third-order valence-corrected chi connectivity index (χ3v) is 4.07. The van der Waals surface area contributed by atoms with Crippen molar-refractivity contribution >= 4 is 5.84 Å². The van der Waals surface area contributed by atoms with Crippen LogP contribution in [0.4, 0.5) is 0 Å². The molecule has 0 spiro atoms. The van der Waals surface area contributed by atoms with Gasteiger partial charge in [0, 0.05) is 26.1 Å². The van der Waals surface area contributed by atoms with Gasteiger partial charge in [-0.25, -0.2) is 0 Å². The molecule has 6 heteroatoms. The summed E-state index contributed by atoms with van der Waals surface area (Å²) >= 11 is 0. The number of nitrogens with two attached hydrogens (primary N) is 1. The van der Waals surface area contributed by atoms with Crippen molar-refractivity contribution in [1.82, 2.24) is 4.90 Å². The molecule has 0 radical (unpaired) electrons. The van der Waals surface area contributed by atoms with Gasteiger partial charge >= 0.3 is 0 Å². The van der Waals surface area contributed by atoms with E-state index in [1.54, 1.807) is 0 Å². The number of morpholine rings is 1. The number of amidine groups is 1. The number of benzene rings is 1. The van der Waals surface area contributed by atoms with Gasteiger partial charge in [0.15, 0.2) is 5.84 Å². The molecule has 3 rings (SSSR count). The third kappa shape index (κ3) is 3.28. The number of rotatable bonds is 4. The van der Waals surface area contributed by atoms with Gasteiger partial charge in [0.2, 0.25) is 0 Å². The highest BCUT2D eigenvalue weighted by molar-refractivity contribution is 5.84. The average molecular weight is 291 g/mol. The van der Waals surface area contributed by atoms with Crippen molar-refractivity contribution in [3.63, 3.8) is 0 Å². The lowest BCUT2D eigenvalue weighted by atomic mass is 10.1. The predicted molar refractivity (Wildman–Crippen MR) is 78.9 cm³/mol. The molecule has 1 unspecified atom stereocenters. The van der Waals surface area contributed by atoms with Crippen LogP contribution in [0.25, 0.3) is 0 Å². The second kappa shape index (κ2) is 6.32. The van der Waals surface area contributed by atoms with E-state index in [0.717, 1.165) is 38.3 Å². The van der Waals surface area contributed by atoms with Gasteiger partial charge in [-0.1, -0.05) is 17.3 Å². The molecule has 1 fully saturated rings. The Labute approximate surface area is 124 Å². The molecule has 0 saturated carbocycles. The molecule has 0 bridgehead atoms. The normalized spacial score (nSPS) is 22.9. The van der Waals surface area contributed by atoms with Crippen LogP contribution in [0, 0.1) is 0 Å². The first kappa shape index (κ1) is 14.2. The molecule has 1 saturated heterocycles. The van der Waals surface area contributed by atoms with Gasteiger partial charge in [0.05, 0.1) is 13.2 Å². The highest BCUT2D eigenvalue weighted by Gasteiger charge is 2.23. The third-order valence-electron chi connectivity index (χ3n) is 4.07. The van der Waals surface area contributed by atoms with Gasteiger partial charge in [-0.3, -0.25) is 4.90 Å². The molecule has 6 nitrogen and oxygen atoms in total. The SMILES string of the molecule is NC(=NO)C1CN(CCc2ccc3c(c2)CCO3)CCO1. The monoisotopic (exact) mass is 291 g/mol. The van der Waals surface area contributed by atoms with Crippen LogP contribution in [0.15, 0.2) is 23.4 Å². The minimum Gasteiger partial charge on any atom is -0.493 e. The fourth-order valence-corrected chi connectivity index (χ4v) is 2.83. The lowest BCUT2D eigenvalue weighted by Crippen LogP contribution is -2.48. The molecular weight excluding hydrogens is 270 g/mol. The largest absolute Gasteiger partial charge is 0.493 e. The Morgan fingerprint density at radius 2 is 2.33 bits per heavy atom. The number of ether oxygens (including phenoxy) is 2. The molecule has 1 atom stereocenters. The topological polar surface area (TPSA) is 80.3 Å². The van der Waals surface area contributed by atoms with E-state index in [1.807, 2.05) is 0 Å². The van der Waals surface area contributed by atoms with Crippen LogP contribution < -0.4 is 10.5 Å². The first-order valence-corrected chi connectivity index (χ1v) is 7.32. The zero-order valence-electron chi connectivity index (χ0n) is 12.0. The molecule has 1 aromatic carbocycles. The predicted octanol–water partition coefficient (Wildman–Crippen LogP) is 0.611. The number of hydrogen-bond acceptors (Lipinski definition) is 5. The van der Waals surface area contributed by atoms with Crippen LogP contribution >= 0.6 is 0 Å². The maximum atomic E-state index is 8.72. The second-order valence-electron chi connectivity index (χ2n) is 5.48. The van der Waals surface area contributed by atoms with Crippen LogP contribution in [0.5, 0.6) is 5.75 Å². The summed E-state index contributed by atoms with van der Waals surface area (Å²) in [4.78, 5) is 2.29. The molecule has 1 aromatic rings. The average Bonchev–Trinajstić information content (AvgIpc) is 3.00. The van der Waals surface area contributed by atoms with Gasteiger partial charge < -0.3 is 20.4 Å². The molecule has 3 N–H and O–H groups in total. The quantitative estimate of drug-likeness (QED) is 0.368. The maximum absolute atomic E-state index is 8.72. The number of fused-ring (bicyclic) bond motifs is 1. The van der Waals surface area contributed by atoms with E-state index in [-0.39, 0.29) is 11.9 Å². The maximum Gasteiger partial charge on any atom is 0.169 e. The lowest BCUT2D eigenvalue weighted by molar-refractivity contribution is 0.00518. The smallest absolute Gasteiger partial charge is 0.169 e. The van der Waals surface area contributed by atoms with Crippen LogP contribution in [0.1, 0.15) is 11.1 Å². The van der Waals surface area contributed by atoms with Crippen LogP contribution in [-0.2, 0) is 17.6 Å². The Hall–Kier alpha value is -1.79. The summed E-state index contributed by atoms with van der Waals surface area (Å²) in [5.41, 5.74) is 8.25. The molecule has 0 aromatic heterocycles. The minimum absolute atomic E-state index is 0.148. The summed E-state index contributed by atoms with van der Waals surface area (Å²) in [5, 5.41) is 11.8. The molecule has 0 amide bonds. The van der Waals surface area contributed by atoms with E-state index >= 15 is 0 Å². The lowest BCUT2D eigenvalue weighted by Gasteiger charge is -2.32. The molecule has 21 heavy (non-hydrogen) atoms. The van der Waals surface area contributed by atoms with Crippen LogP contribution in [0.3, 0.4) is 0 Å². The van der Waals surface area contributed by atoms with Gasteiger partial charge in [-0.2, -0.15) is 0 Å². The van der Waals surface area contributed by atoms with Crippen molar-refractivity contribution in [2.45, 2.75) is 18.9 Å². The standard InChI is InChI=1S/C15H21N3O3/c16-15(17-19)14-10-18(6-8-21-14)5-3-11-1-2-13-12(9-11)4-7-20-13/h1-2,9,14,19H,3-8,10H2,(H2,16,17). The molecule has 114 valence electrons. The summed E-state index contributed by atoms with van der Waals surface area (Å²) in [6.45, 7) is 3.90. The van der Waals surface area contributed by atoms with Crippen LogP contribution in [0.2, 0.25) is 0 Å². The molecule has 2 heterocycles. The molecule has 0 aliphatic carbocycles. The van der Waals surface area contributed by atoms with Crippen molar-refractivity contribution < 1.29 is 14.7 Å². The van der Waals surface area contributed by atoms with E-state index < -0.39 is 0 Å². The molecular formula is C15H21N3O3. The highest BCUT2D eigenvalue weighted by Crippen LogP contribution is 2.26. The Balaban J connectivity index is 1.55. The summed E-state index contributed by atoms with van der Waals surface area (Å²) in [7, 11) is 0.